The fourth-order valence-corrected chi connectivity index (χ4v) is 3.42. The Labute approximate surface area is 108 Å². The van der Waals surface area contributed by atoms with Crippen molar-refractivity contribution in [3.8, 4) is 0 Å². The summed E-state index contributed by atoms with van der Waals surface area (Å²) in [4.78, 5) is 3.99. The first-order valence-corrected chi connectivity index (χ1v) is 7.82. The highest BCUT2D eigenvalue weighted by Gasteiger charge is 2.21. The molecule has 1 aromatic rings. The van der Waals surface area contributed by atoms with Crippen LogP contribution < -0.4 is 10.0 Å². The van der Waals surface area contributed by atoms with Gasteiger partial charge >= 0.3 is 0 Å². The van der Waals surface area contributed by atoms with Crippen molar-refractivity contribution < 1.29 is 8.42 Å². The largest absolute Gasteiger partial charge is 0.313 e. The summed E-state index contributed by atoms with van der Waals surface area (Å²) in [5.74, 6) is 0.164. The first-order chi connectivity index (χ1) is 8.57. The Morgan fingerprint density at radius 3 is 3.06 bits per heavy atom. The lowest BCUT2D eigenvalue weighted by Crippen LogP contribution is -2.36. The lowest BCUT2D eigenvalue weighted by molar-refractivity contribution is 0.563. The third kappa shape index (κ3) is 3.76. The standard InChI is InChI=1S/C12H19N3O2S/c1-10-7-13-6-4-11(10)8-15-18(16,17)9-12-3-2-5-14-12/h4,6-7,12,14-15H,2-3,5,8-9H2,1H3. The number of nitrogens with zero attached hydrogens (tertiary/aromatic N) is 1. The molecular weight excluding hydrogens is 250 g/mol. The van der Waals surface area contributed by atoms with Crippen LogP contribution in [0, 0.1) is 6.92 Å². The minimum Gasteiger partial charge on any atom is -0.313 e. The Morgan fingerprint density at radius 2 is 2.39 bits per heavy atom. The molecule has 0 amide bonds. The molecular formula is C12H19N3O2S. The molecule has 18 heavy (non-hydrogen) atoms. The van der Waals surface area contributed by atoms with E-state index in [4.69, 9.17) is 0 Å². The van der Waals surface area contributed by atoms with E-state index < -0.39 is 10.0 Å². The molecule has 1 saturated heterocycles. The van der Waals surface area contributed by atoms with Gasteiger partial charge in [-0.05, 0) is 43.5 Å². The normalized spacial score (nSPS) is 20.2. The van der Waals surface area contributed by atoms with Gasteiger partial charge in [-0.1, -0.05) is 0 Å². The predicted molar refractivity (Wildman–Crippen MR) is 70.6 cm³/mol. The Kier molecular flexibility index (Phi) is 4.31. The average molecular weight is 269 g/mol. The Bertz CT molecular complexity index is 496. The first-order valence-electron chi connectivity index (χ1n) is 6.17. The SMILES string of the molecule is Cc1cnccc1CNS(=O)(=O)CC1CCCN1. The van der Waals surface area contributed by atoms with Crippen LogP contribution in [0.25, 0.3) is 0 Å². The van der Waals surface area contributed by atoms with Crippen LogP contribution in [0.15, 0.2) is 18.5 Å². The molecule has 0 aliphatic carbocycles. The summed E-state index contributed by atoms with van der Waals surface area (Å²) in [6.45, 7) is 3.18. The van der Waals surface area contributed by atoms with Crippen LogP contribution in [0.4, 0.5) is 0 Å². The molecule has 1 aliphatic heterocycles. The van der Waals surface area contributed by atoms with Crippen molar-refractivity contribution in [1.29, 1.82) is 0 Å². The van der Waals surface area contributed by atoms with Crippen molar-refractivity contribution in [2.75, 3.05) is 12.3 Å². The van der Waals surface area contributed by atoms with Crippen molar-refractivity contribution in [3.05, 3.63) is 29.6 Å². The molecule has 0 bridgehead atoms. The Morgan fingerprint density at radius 1 is 1.56 bits per heavy atom. The van der Waals surface area contributed by atoms with Crippen molar-refractivity contribution >= 4 is 10.0 Å². The van der Waals surface area contributed by atoms with E-state index in [9.17, 15) is 8.42 Å². The van der Waals surface area contributed by atoms with Gasteiger partial charge in [0.15, 0.2) is 0 Å². The molecule has 1 atom stereocenters. The molecule has 2 rings (SSSR count). The topological polar surface area (TPSA) is 71.1 Å². The van der Waals surface area contributed by atoms with Crippen LogP contribution >= 0.6 is 0 Å². The van der Waals surface area contributed by atoms with E-state index in [0.29, 0.717) is 6.54 Å². The van der Waals surface area contributed by atoms with Gasteiger partial charge in [-0.2, -0.15) is 0 Å². The number of aromatic nitrogens is 1. The molecule has 0 aromatic carbocycles. The molecule has 1 aliphatic rings. The number of rotatable bonds is 5. The molecule has 0 spiro atoms. The maximum absolute atomic E-state index is 11.9. The zero-order chi connectivity index (χ0) is 13.0. The van der Waals surface area contributed by atoms with Crippen molar-refractivity contribution in [2.24, 2.45) is 0 Å². The van der Waals surface area contributed by atoms with Gasteiger partial charge in [0.05, 0.1) is 5.75 Å². The maximum atomic E-state index is 11.9. The smallest absolute Gasteiger partial charge is 0.213 e. The Balaban J connectivity index is 1.90. The van der Waals surface area contributed by atoms with Gasteiger partial charge in [0, 0.05) is 25.0 Å². The predicted octanol–water partition coefficient (Wildman–Crippen LogP) is 0.561. The van der Waals surface area contributed by atoms with E-state index in [0.717, 1.165) is 30.5 Å². The highest BCUT2D eigenvalue weighted by Crippen LogP contribution is 2.08. The van der Waals surface area contributed by atoms with Gasteiger partial charge in [0.25, 0.3) is 0 Å². The van der Waals surface area contributed by atoms with Gasteiger partial charge in [-0.25, -0.2) is 13.1 Å². The average Bonchev–Trinajstić information content (AvgIpc) is 2.80. The molecule has 1 aromatic heterocycles. The number of hydrogen-bond acceptors (Lipinski definition) is 4. The quantitative estimate of drug-likeness (QED) is 0.819. The van der Waals surface area contributed by atoms with Crippen molar-refractivity contribution in [2.45, 2.75) is 32.4 Å². The van der Waals surface area contributed by atoms with E-state index in [1.54, 1.807) is 12.4 Å². The van der Waals surface area contributed by atoms with E-state index in [1.165, 1.54) is 0 Å². The number of hydrogen-bond donors (Lipinski definition) is 2. The van der Waals surface area contributed by atoms with E-state index in [-0.39, 0.29) is 11.8 Å². The second kappa shape index (κ2) is 5.77. The molecule has 5 nitrogen and oxygen atoms in total. The van der Waals surface area contributed by atoms with Crippen molar-refractivity contribution in [3.63, 3.8) is 0 Å². The summed E-state index contributed by atoms with van der Waals surface area (Å²) in [5.41, 5.74) is 1.96. The van der Waals surface area contributed by atoms with Crippen molar-refractivity contribution in [1.82, 2.24) is 15.0 Å². The summed E-state index contributed by atoms with van der Waals surface area (Å²) >= 11 is 0. The fraction of sp³-hybridized carbons (Fsp3) is 0.583. The van der Waals surface area contributed by atoms with Crippen LogP contribution in [-0.4, -0.2) is 31.7 Å². The van der Waals surface area contributed by atoms with Gasteiger partial charge in [0.2, 0.25) is 10.0 Å². The number of sulfonamides is 1. The summed E-state index contributed by atoms with van der Waals surface area (Å²) in [6.07, 6.45) is 5.41. The number of aryl methyl sites for hydroxylation is 1. The molecule has 2 N–H and O–H groups in total. The number of nitrogens with one attached hydrogen (secondary N) is 2. The van der Waals surface area contributed by atoms with E-state index >= 15 is 0 Å². The molecule has 1 fully saturated rings. The van der Waals surface area contributed by atoms with Gasteiger partial charge in [-0.3, -0.25) is 4.98 Å². The van der Waals surface area contributed by atoms with Crippen LogP contribution in [-0.2, 0) is 16.6 Å². The highest BCUT2D eigenvalue weighted by atomic mass is 32.2. The lowest BCUT2D eigenvalue weighted by Gasteiger charge is -2.12. The molecule has 0 radical (unpaired) electrons. The van der Waals surface area contributed by atoms with Gasteiger partial charge in [-0.15, -0.1) is 0 Å². The summed E-state index contributed by atoms with van der Waals surface area (Å²) < 4.78 is 26.5. The minimum atomic E-state index is -3.21. The molecule has 2 heterocycles. The zero-order valence-electron chi connectivity index (χ0n) is 10.5. The first kappa shape index (κ1) is 13.5. The number of pyridine rings is 1. The minimum absolute atomic E-state index is 0.0982. The molecule has 0 saturated carbocycles. The summed E-state index contributed by atoms with van der Waals surface area (Å²) in [5, 5.41) is 3.19. The monoisotopic (exact) mass is 269 g/mol. The summed E-state index contributed by atoms with van der Waals surface area (Å²) in [7, 11) is -3.21. The summed E-state index contributed by atoms with van der Waals surface area (Å²) in [6, 6.07) is 1.94. The van der Waals surface area contributed by atoms with Crippen LogP contribution in [0.2, 0.25) is 0 Å². The van der Waals surface area contributed by atoms with E-state index in [2.05, 4.69) is 15.0 Å². The molecule has 1 unspecified atom stereocenters. The molecule has 100 valence electrons. The Hall–Kier alpha value is -0.980. The fourth-order valence-electron chi connectivity index (χ4n) is 2.11. The van der Waals surface area contributed by atoms with E-state index in [1.807, 2.05) is 13.0 Å². The van der Waals surface area contributed by atoms with Crippen LogP contribution in [0.3, 0.4) is 0 Å². The zero-order valence-corrected chi connectivity index (χ0v) is 11.3. The third-order valence-electron chi connectivity index (χ3n) is 3.20. The second-order valence-electron chi connectivity index (χ2n) is 4.70. The maximum Gasteiger partial charge on any atom is 0.213 e. The molecule has 6 heteroatoms. The van der Waals surface area contributed by atoms with Crippen LogP contribution in [0.5, 0.6) is 0 Å². The van der Waals surface area contributed by atoms with Gasteiger partial charge in [0.1, 0.15) is 0 Å². The lowest BCUT2D eigenvalue weighted by atomic mass is 10.2. The second-order valence-corrected chi connectivity index (χ2v) is 6.55. The van der Waals surface area contributed by atoms with Crippen LogP contribution in [0.1, 0.15) is 24.0 Å². The third-order valence-corrected chi connectivity index (χ3v) is 4.63. The van der Waals surface area contributed by atoms with Gasteiger partial charge < -0.3 is 5.32 Å². The highest BCUT2D eigenvalue weighted by molar-refractivity contribution is 7.89.